The SMILES string of the molecule is CCOCCS(=O)(=O)Cc1csc(-c2ccc(F)cc2)n1. The molecule has 21 heavy (non-hydrogen) atoms. The summed E-state index contributed by atoms with van der Waals surface area (Å²) in [6.45, 7) is 2.52. The van der Waals surface area contributed by atoms with Crippen molar-refractivity contribution in [1.29, 1.82) is 0 Å². The molecule has 0 atom stereocenters. The zero-order valence-corrected chi connectivity index (χ0v) is 13.2. The van der Waals surface area contributed by atoms with Crippen LogP contribution in [0.25, 0.3) is 10.6 Å². The normalized spacial score (nSPS) is 11.7. The van der Waals surface area contributed by atoms with Gasteiger partial charge in [0.15, 0.2) is 9.84 Å². The average molecular weight is 329 g/mol. The maximum absolute atomic E-state index is 12.9. The van der Waals surface area contributed by atoms with Gasteiger partial charge in [-0.05, 0) is 31.2 Å². The van der Waals surface area contributed by atoms with Crippen LogP contribution in [-0.4, -0.2) is 32.4 Å². The van der Waals surface area contributed by atoms with E-state index in [1.807, 2.05) is 6.92 Å². The van der Waals surface area contributed by atoms with Crippen LogP contribution in [0.5, 0.6) is 0 Å². The minimum absolute atomic E-state index is 0.00967. The van der Waals surface area contributed by atoms with Gasteiger partial charge < -0.3 is 4.74 Å². The molecule has 2 aromatic rings. The summed E-state index contributed by atoms with van der Waals surface area (Å²) in [6.07, 6.45) is 0. The Morgan fingerprint density at radius 3 is 2.67 bits per heavy atom. The molecule has 0 saturated carbocycles. The molecular weight excluding hydrogens is 313 g/mol. The first-order chi connectivity index (χ1) is 10.00. The summed E-state index contributed by atoms with van der Waals surface area (Å²) < 4.78 is 41.7. The van der Waals surface area contributed by atoms with E-state index in [1.165, 1.54) is 23.5 Å². The van der Waals surface area contributed by atoms with Crippen molar-refractivity contribution in [3.8, 4) is 10.6 Å². The molecule has 0 fully saturated rings. The third kappa shape index (κ3) is 4.87. The molecule has 1 heterocycles. The number of halogens is 1. The van der Waals surface area contributed by atoms with Gasteiger partial charge in [0.05, 0.1) is 23.8 Å². The van der Waals surface area contributed by atoms with Crippen LogP contribution in [0.1, 0.15) is 12.6 Å². The van der Waals surface area contributed by atoms with Gasteiger partial charge in [0.2, 0.25) is 0 Å². The Hall–Kier alpha value is -1.31. The minimum Gasteiger partial charge on any atom is -0.381 e. The molecule has 0 aliphatic rings. The van der Waals surface area contributed by atoms with Gasteiger partial charge in [-0.15, -0.1) is 11.3 Å². The topological polar surface area (TPSA) is 56.3 Å². The maximum Gasteiger partial charge on any atom is 0.158 e. The highest BCUT2D eigenvalue weighted by Crippen LogP contribution is 2.24. The highest BCUT2D eigenvalue weighted by molar-refractivity contribution is 7.90. The number of benzene rings is 1. The zero-order chi connectivity index (χ0) is 15.3. The monoisotopic (exact) mass is 329 g/mol. The summed E-state index contributed by atoms with van der Waals surface area (Å²) in [5.74, 6) is -0.420. The lowest BCUT2D eigenvalue weighted by Gasteiger charge is -2.02. The number of sulfone groups is 1. The second-order valence-corrected chi connectivity index (χ2v) is 7.48. The van der Waals surface area contributed by atoms with Crippen LogP contribution in [0.15, 0.2) is 29.6 Å². The molecule has 2 rings (SSSR count). The van der Waals surface area contributed by atoms with Gasteiger partial charge in [0.25, 0.3) is 0 Å². The maximum atomic E-state index is 12.9. The predicted octanol–water partition coefficient (Wildman–Crippen LogP) is 2.90. The smallest absolute Gasteiger partial charge is 0.158 e. The van der Waals surface area contributed by atoms with E-state index in [9.17, 15) is 12.8 Å². The minimum atomic E-state index is -3.22. The van der Waals surface area contributed by atoms with Crippen molar-refractivity contribution >= 4 is 21.2 Å². The van der Waals surface area contributed by atoms with Gasteiger partial charge in [-0.3, -0.25) is 0 Å². The molecule has 0 aliphatic heterocycles. The highest BCUT2D eigenvalue weighted by Gasteiger charge is 2.15. The molecule has 1 aromatic carbocycles. The first kappa shape index (κ1) is 16.1. The second kappa shape index (κ2) is 7.11. The van der Waals surface area contributed by atoms with E-state index in [2.05, 4.69) is 4.98 Å². The summed E-state index contributed by atoms with van der Waals surface area (Å²) in [7, 11) is -3.22. The third-order valence-corrected chi connectivity index (χ3v) is 5.22. The van der Waals surface area contributed by atoms with Crippen LogP contribution in [0, 0.1) is 5.82 Å². The molecule has 4 nitrogen and oxygen atoms in total. The van der Waals surface area contributed by atoms with Crippen molar-refractivity contribution in [1.82, 2.24) is 4.98 Å². The van der Waals surface area contributed by atoms with Gasteiger partial charge in [-0.1, -0.05) is 0 Å². The zero-order valence-electron chi connectivity index (χ0n) is 11.6. The Labute approximate surface area is 127 Å². The molecule has 0 unspecified atom stereocenters. The molecule has 1 aromatic heterocycles. The molecule has 0 saturated heterocycles. The number of thiazole rings is 1. The van der Waals surface area contributed by atoms with E-state index < -0.39 is 9.84 Å². The quantitative estimate of drug-likeness (QED) is 0.733. The Balaban J connectivity index is 2.04. The summed E-state index contributed by atoms with van der Waals surface area (Å²) in [4.78, 5) is 4.30. The molecule has 0 bridgehead atoms. The molecule has 0 aliphatic carbocycles. The number of ether oxygens (including phenoxy) is 1. The van der Waals surface area contributed by atoms with E-state index >= 15 is 0 Å². The van der Waals surface area contributed by atoms with Gasteiger partial charge >= 0.3 is 0 Å². The number of hydrogen-bond acceptors (Lipinski definition) is 5. The third-order valence-electron chi connectivity index (χ3n) is 2.75. The lowest BCUT2D eigenvalue weighted by atomic mass is 10.2. The summed E-state index contributed by atoms with van der Waals surface area (Å²) in [5, 5.41) is 2.40. The van der Waals surface area contributed by atoms with E-state index in [0.717, 1.165) is 5.56 Å². The summed E-state index contributed by atoms with van der Waals surface area (Å²) >= 11 is 1.35. The Bertz CT molecular complexity index is 680. The number of hydrogen-bond donors (Lipinski definition) is 0. The summed E-state index contributed by atoms with van der Waals surface area (Å²) in [5.41, 5.74) is 1.29. The van der Waals surface area contributed by atoms with E-state index in [0.29, 0.717) is 17.3 Å². The van der Waals surface area contributed by atoms with E-state index in [1.54, 1.807) is 17.5 Å². The van der Waals surface area contributed by atoms with Crippen molar-refractivity contribution in [3.05, 3.63) is 41.2 Å². The first-order valence-electron chi connectivity index (χ1n) is 6.48. The van der Waals surface area contributed by atoms with Crippen molar-refractivity contribution in [2.24, 2.45) is 0 Å². The van der Waals surface area contributed by atoms with Gasteiger partial charge in [-0.2, -0.15) is 0 Å². The first-order valence-corrected chi connectivity index (χ1v) is 9.19. The van der Waals surface area contributed by atoms with Crippen LogP contribution in [0.4, 0.5) is 4.39 Å². The van der Waals surface area contributed by atoms with Crippen molar-refractivity contribution < 1.29 is 17.5 Å². The van der Waals surface area contributed by atoms with Crippen molar-refractivity contribution in [3.63, 3.8) is 0 Å². The lowest BCUT2D eigenvalue weighted by Crippen LogP contribution is -2.14. The lowest BCUT2D eigenvalue weighted by molar-refractivity contribution is 0.163. The average Bonchev–Trinajstić information content (AvgIpc) is 2.87. The Morgan fingerprint density at radius 1 is 1.29 bits per heavy atom. The van der Waals surface area contributed by atoms with Crippen LogP contribution in [0.3, 0.4) is 0 Å². The van der Waals surface area contributed by atoms with Gasteiger partial charge in [0.1, 0.15) is 10.8 Å². The number of aromatic nitrogens is 1. The molecule has 0 amide bonds. The fourth-order valence-electron chi connectivity index (χ4n) is 1.73. The van der Waals surface area contributed by atoms with E-state index in [-0.39, 0.29) is 23.9 Å². The van der Waals surface area contributed by atoms with Crippen LogP contribution >= 0.6 is 11.3 Å². The predicted molar refractivity (Wildman–Crippen MR) is 81.5 cm³/mol. The van der Waals surface area contributed by atoms with Crippen LogP contribution in [-0.2, 0) is 20.3 Å². The highest BCUT2D eigenvalue weighted by atomic mass is 32.2. The van der Waals surface area contributed by atoms with Crippen LogP contribution in [0.2, 0.25) is 0 Å². The molecule has 0 radical (unpaired) electrons. The van der Waals surface area contributed by atoms with Crippen molar-refractivity contribution in [2.45, 2.75) is 12.7 Å². The van der Waals surface area contributed by atoms with Crippen LogP contribution < -0.4 is 0 Å². The second-order valence-electron chi connectivity index (χ2n) is 4.44. The fourth-order valence-corrected chi connectivity index (χ4v) is 3.77. The number of rotatable bonds is 7. The van der Waals surface area contributed by atoms with Gasteiger partial charge in [-0.25, -0.2) is 17.8 Å². The molecule has 0 spiro atoms. The standard InChI is InChI=1S/C14H16FNO3S2/c1-2-19-7-8-21(17,18)10-13-9-20-14(16-13)11-3-5-12(15)6-4-11/h3-6,9H,2,7-8,10H2,1H3. The molecule has 0 N–H and O–H groups in total. The Kier molecular flexibility index (Phi) is 5.44. The fraction of sp³-hybridized carbons (Fsp3) is 0.357. The summed E-state index contributed by atoms with van der Waals surface area (Å²) in [6, 6.07) is 5.97. The molecule has 7 heteroatoms. The Morgan fingerprint density at radius 2 is 2.00 bits per heavy atom. The van der Waals surface area contributed by atoms with Crippen molar-refractivity contribution in [2.75, 3.05) is 19.0 Å². The number of nitrogens with zero attached hydrogens (tertiary/aromatic N) is 1. The van der Waals surface area contributed by atoms with E-state index in [4.69, 9.17) is 4.74 Å². The largest absolute Gasteiger partial charge is 0.381 e. The van der Waals surface area contributed by atoms with Gasteiger partial charge in [0, 0.05) is 17.6 Å². The molecular formula is C14H16FNO3S2. The molecule has 114 valence electrons.